The summed E-state index contributed by atoms with van der Waals surface area (Å²) in [7, 11) is 3.10. The van der Waals surface area contributed by atoms with Gasteiger partial charge in [0.1, 0.15) is 17.2 Å². The van der Waals surface area contributed by atoms with Crippen molar-refractivity contribution in [2.45, 2.75) is 6.92 Å². The summed E-state index contributed by atoms with van der Waals surface area (Å²) in [4.78, 5) is 37.8. The Hall–Kier alpha value is -4.59. The van der Waals surface area contributed by atoms with E-state index in [-0.39, 0.29) is 12.3 Å². The van der Waals surface area contributed by atoms with Crippen LogP contribution in [0.2, 0.25) is 0 Å². The van der Waals surface area contributed by atoms with E-state index in [0.717, 1.165) is 0 Å². The molecule has 0 aromatic heterocycles. The number of hydrogen-bond acceptors (Lipinski definition) is 6. The van der Waals surface area contributed by atoms with Crippen molar-refractivity contribution < 1.29 is 28.6 Å². The summed E-state index contributed by atoms with van der Waals surface area (Å²) in [6.07, 6.45) is 1.56. The van der Waals surface area contributed by atoms with Crippen molar-refractivity contribution in [2.24, 2.45) is 0 Å². The van der Waals surface area contributed by atoms with Crippen molar-refractivity contribution in [1.29, 1.82) is 0 Å². The van der Waals surface area contributed by atoms with Crippen LogP contribution in [0.25, 0.3) is 6.08 Å². The third-order valence-corrected chi connectivity index (χ3v) is 4.93. The summed E-state index contributed by atoms with van der Waals surface area (Å²) in [5.74, 6) is -0.166. The molecule has 3 aromatic rings. The Morgan fingerprint density at radius 1 is 0.771 bits per heavy atom. The van der Waals surface area contributed by atoms with E-state index in [4.69, 9.17) is 14.2 Å². The molecule has 35 heavy (non-hydrogen) atoms. The Morgan fingerprint density at radius 3 is 1.86 bits per heavy atom. The molecule has 0 aliphatic carbocycles. The summed E-state index contributed by atoms with van der Waals surface area (Å²) >= 11 is 0. The van der Waals surface area contributed by atoms with Crippen LogP contribution in [0.15, 0.2) is 78.5 Å². The van der Waals surface area contributed by atoms with Gasteiger partial charge in [0.2, 0.25) is 0 Å². The van der Waals surface area contributed by atoms with Crippen LogP contribution < -0.4 is 20.1 Å². The first-order chi connectivity index (χ1) is 16.9. The maximum absolute atomic E-state index is 13.1. The molecule has 0 spiro atoms. The van der Waals surface area contributed by atoms with E-state index in [1.807, 2.05) is 0 Å². The average Bonchev–Trinajstić information content (AvgIpc) is 2.89. The van der Waals surface area contributed by atoms with Crippen LogP contribution in [0.1, 0.15) is 33.2 Å². The number of rotatable bonds is 9. The Bertz CT molecular complexity index is 1200. The molecule has 0 saturated carbocycles. The molecule has 0 aliphatic rings. The third kappa shape index (κ3) is 6.94. The van der Waals surface area contributed by atoms with Crippen molar-refractivity contribution in [3.63, 3.8) is 0 Å². The summed E-state index contributed by atoms with van der Waals surface area (Å²) in [6, 6.07) is 19.8. The van der Waals surface area contributed by atoms with Gasteiger partial charge in [0.05, 0.1) is 26.4 Å². The van der Waals surface area contributed by atoms with Gasteiger partial charge in [-0.05, 0) is 79.2 Å². The average molecular weight is 475 g/mol. The lowest BCUT2D eigenvalue weighted by Crippen LogP contribution is -2.30. The number of carbonyl (C=O) groups excluding carboxylic acids is 3. The Labute approximate surface area is 203 Å². The van der Waals surface area contributed by atoms with Gasteiger partial charge in [0, 0.05) is 11.3 Å². The molecule has 0 atom stereocenters. The van der Waals surface area contributed by atoms with Crippen LogP contribution in [-0.4, -0.2) is 38.6 Å². The first-order valence-electron chi connectivity index (χ1n) is 10.8. The highest BCUT2D eigenvalue weighted by molar-refractivity contribution is 6.10. The number of anilines is 1. The first kappa shape index (κ1) is 25.0. The van der Waals surface area contributed by atoms with Crippen molar-refractivity contribution in [1.82, 2.24) is 5.32 Å². The van der Waals surface area contributed by atoms with Gasteiger partial charge in [0.15, 0.2) is 0 Å². The number of methoxy groups -OCH3 is 2. The normalized spacial score (nSPS) is 10.8. The van der Waals surface area contributed by atoms with E-state index >= 15 is 0 Å². The molecule has 0 bridgehead atoms. The number of benzene rings is 3. The molecular formula is C27H26N2O6. The van der Waals surface area contributed by atoms with Crippen LogP contribution in [-0.2, 0) is 9.53 Å². The van der Waals surface area contributed by atoms with E-state index in [0.29, 0.717) is 33.9 Å². The van der Waals surface area contributed by atoms with Gasteiger partial charge in [-0.15, -0.1) is 0 Å². The first-order valence-corrected chi connectivity index (χ1v) is 10.8. The minimum Gasteiger partial charge on any atom is -0.497 e. The molecule has 8 nitrogen and oxygen atoms in total. The molecule has 180 valence electrons. The number of esters is 1. The molecular weight excluding hydrogens is 448 g/mol. The second-order valence-electron chi connectivity index (χ2n) is 7.27. The number of amides is 2. The van der Waals surface area contributed by atoms with Gasteiger partial charge >= 0.3 is 5.97 Å². The highest BCUT2D eigenvalue weighted by Gasteiger charge is 2.16. The maximum atomic E-state index is 13.1. The monoisotopic (exact) mass is 474 g/mol. The zero-order chi connectivity index (χ0) is 25.2. The van der Waals surface area contributed by atoms with Gasteiger partial charge in [-0.3, -0.25) is 9.59 Å². The van der Waals surface area contributed by atoms with E-state index in [1.54, 1.807) is 92.9 Å². The molecule has 0 unspecified atom stereocenters. The smallest absolute Gasteiger partial charge is 0.338 e. The standard InChI is InChI=1S/C27H26N2O6/c1-4-35-27(32)20-7-11-21(12-8-20)28-26(31)24(17-18-5-13-22(33-2)14-6-18)29-25(30)19-9-15-23(34-3)16-10-19/h5-17H,4H2,1-3H3,(H,28,31)(H,29,30). The molecule has 2 amide bonds. The zero-order valence-electron chi connectivity index (χ0n) is 19.7. The molecule has 0 aliphatic heterocycles. The van der Waals surface area contributed by atoms with Crippen molar-refractivity contribution in [3.8, 4) is 11.5 Å². The summed E-state index contributed by atoms with van der Waals surface area (Å²) in [6.45, 7) is 1.99. The van der Waals surface area contributed by atoms with E-state index in [9.17, 15) is 14.4 Å². The minimum absolute atomic E-state index is 0.0328. The molecule has 0 fully saturated rings. The van der Waals surface area contributed by atoms with Crippen molar-refractivity contribution in [2.75, 3.05) is 26.1 Å². The molecule has 0 heterocycles. The van der Waals surface area contributed by atoms with E-state index < -0.39 is 17.8 Å². The summed E-state index contributed by atoms with van der Waals surface area (Å²) in [5, 5.41) is 5.42. The van der Waals surface area contributed by atoms with Crippen LogP contribution in [0.4, 0.5) is 5.69 Å². The fourth-order valence-electron chi connectivity index (χ4n) is 3.06. The Morgan fingerprint density at radius 2 is 1.31 bits per heavy atom. The third-order valence-electron chi connectivity index (χ3n) is 4.93. The lowest BCUT2D eigenvalue weighted by Gasteiger charge is -2.12. The van der Waals surface area contributed by atoms with E-state index in [1.165, 1.54) is 7.11 Å². The second-order valence-corrected chi connectivity index (χ2v) is 7.27. The molecule has 0 saturated heterocycles. The zero-order valence-corrected chi connectivity index (χ0v) is 19.7. The fraction of sp³-hybridized carbons (Fsp3) is 0.148. The van der Waals surface area contributed by atoms with Gasteiger partial charge in [-0.1, -0.05) is 12.1 Å². The topological polar surface area (TPSA) is 103 Å². The van der Waals surface area contributed by atoms with Gasteiger partial charge < -0.3 is 24.8 Å². The number of hydrogen-bond donors (Lipinski definition) is 2. The molecule has 8 heteroatoms. The maximum Gasteiger partial charge on any atom is 0.338 e. The second kappa shape index (κ2) is 12.0. The Kier molecular flexibility index (Phi) is 8.61. The summed E-state index contributed by atoms with van der Waals surface area (Å²) < 4.78 is 15.3. The van der Waals surface area contributed by atoms with Crippen LogP contribution in [0.5, 0.6) is 11.5 Å². The lowest BCUT2D eigenvalue weighted by molar-refractivity contribution is -0.113. The SMILES string of the molecule is CCOC(=O)c1ccc(NC(=O)C(=Cc2ccc(OC)cc2)NC(=O)c2ccc(OC)cc2)cc1. The molecule has 0 radical (unpaired) electrons. The highest BCUT2D eigenvalue weighted by atomic mass is 16.5. The number of nitrogens with one attached hydrogen (secondary N) is 2. The largest absolute Gasteiger partial charge is 0.497 e. The van der Waals surface area contributed by atoms with Crippen molar-refractivity contribution >= 4 is 29.5 Å². The van der Waals surface area contributed by atoms with Crippen LogP contribution in [0, 0.1) is 0 Å². The Balaban J connectivity index is 1.83. The number of ether oxygens (including phenoxy) is 3. The summed E-state index contributed by atoms with van der Waals surface area (Å²) in [5.41, 5.74) is 1.89. The lowest BCUT2D eigenvalue weighted by atomic mass is 10.1. The van der Waals surface area contributed by atoms with Crippen LogP contribution in [0.3, 0.4) is 0 Å². The molecule has 2 N–H and O–H groups in total. The highest BCUT2D eigenvalue weighted by Crippen LogP contribution is 2.17. The quantitative estimate of drug-likeness (QED) is 0.354. The molecule has 3 aromatic carbocycles. The fourth-order valence-corrected chi connectivity index (χ4v) is 3.06. The van der Waals surface area contributed by atoms with Gasteiger partial charge in [0.25, 0.3) is 11.8 Å². The minimum atomic E-state index is -0.536. The van der Waals surface area contributed by atoms with E-state index in [2.05, 4.69) is 10.6 Å². The number of carbonyl (C=O) groups is 3. The van der Waals surface area contributed by atoms with Gasteiger partial charge in [-0.2, -0.15) is 0 Å². The predicted octanol–water partition coefficient (Wildman–Crippen LogP) is 4.29. The predicted molar refractivity (Wildman–Crippen MR) is 132 cm³/mol. The molecule has 3 rings (SSSR count). The van der Waals surface area contributed by atoms with Gasteiger partial charge in [-0.25, -0.2) is 4.79 Å². The van der Waals surface area contributed by atoms with Crippen LogP contribution >= 0.6 is 0 Å². The van der Waals surface area contributed by atoms with Crippen molar-refractivity contribution in [3.05, 3.63) is 95.2 Å².